The SMILES string of the molecule is CN1CCCN(C(=O)CC(N)c2ccccc2)c2ccccc21. The van der Waals surface area contributed by atoms with Gasteiger partial charge in [-0.3, -0.25) is 4.79 Å². The van der Waals surface area contributed by atoms with Crippen LogP contribution in [-0.2, 0) is 4.79 Å². The highest BCUT2D eigenvalue weighted by atomic mass is 16.2. The largest absolute Gasteiger partial charge is 0.373 e. The van der Waals surface area contributed by atoms with E-state index in [9.17, 15) is 4.79 Å². The number of amides is 1. The summed E-state index contributed by atoms with van der Waals surface area (Å²) in [4.78, 5) is 16.9. The summed E-state index contributed by atoms with van der Waals surface area (Å²) in [6.45, 7) is 1.69. The van der Waals surface area contributed by atoms with Crippen LogP contribution in [0, 0.1) is 0 Å². The Morgan fingerprint density at radius 1 is 1.04 bits per heavy atom. The molecule has 23 heavy (non-hydrogen) atoms. The second kappa shape index (κ2) is 6.84. The number of nitrogens with two attached hydrogens (primary N) is 1. The minimum Gasteiger partial charge on any atom is -0.373 e. The van der Waals surface area contributed by atoms with Crippen LogP contribution in [0.1, 0.15) is 24.4 Å². The molecule has 1 heterocycles. The first-order valence-corrected chi connectivity index (χ1v) is 8.08. The van der Waals surface area contributed by atoms with Gasteiger partial charge in [0.25, 0.3) is 0 Å². The molecule has 4 nitrogen and oxygen atoms in total. The summed E-state index contributed by atoms with van der Waals surface area (Å²) >= 11 is 0. The Bertz CT molecular complexity index is 671. The van der Waals surface area contributed by atoms with Crippen molar-refractivity contribution in [2.75, 3.05) is 29.9 Å². The summed E-state index contributed by atoms with van der Waals surface area (Å²) in [5, 5.41) is 0. The number of hydrogen-bond acceptors (Lipinski definition) is 3. The van der Waals surface area contributed by atoms with Gasteiger partial charge in [0.15, 0.2) is 0 Å². The topological polar surface area (TPSA) is 49.6 Å². The molecule has 0 saturated carbocycles. The van der Waals surface area contributed by atoms with Gasteiger partial charge in [-0.15, -0.1) is 0 Å². The van der Waals surface area contributed by atoms with Gasteiger partial charge in [-0.25, -0.2) is 0 Å². The molecule has 2 N–H and O–H groups in total. The highest BCUT2D eigenvalue weighted by Gasteiger charge is 2.24. The fourth-order valence-electron chi connectivity index (χ4n) is 3.10. The van der Waals surface area contributed by atoms with Gasteiger partial charge in [-0.1, -0.05) is 42.5 Å². The standard InChI is InChI=1S/C19H23N3O/c1-21-12-7-13-22(18-11-6-5-10-17(18)21)19(23)14-16(20)15-8-3-2-4-9-15/h2-6,8-11,16H,7,12-14,20H2,1H3. The Balaban J connectivity index is 1.80. The van der Waals surface area contributed by atoms with Crippen molar-refractivity contribution in [2.45, 2.75) is 18.9 Å². The van der Waals surface area contributed by atoms with E-state index in [1.807, 2.05) is 53.4 Å². The molecule has 0 saturated heterocycles. The fourth-order valence-corrected chi connectivity index (χ4v) is 3.10. The van der Waals surface area contributed by atoms with Gasteiger partial charge in [0.2, 0.25) is 5.91 Å². The lowest BCUT2D eigenvalue weighted by Gasteiger charge is -2.25. The number of rotatable bonds is 3. The van der Waals surface area contributed by atoms with Crippen LogP contribution in [0.5, 0.6) is 0 Å². The van der Waals surface area contributed by atoms with Gasteiger partial charge in [0, 0.05) is 32.6 Å². The molecule has 1 aliphatic heterocycles. The number of carbonyl (C=O) groups is 1. The fraction of sp³-hybridized carbons (Fsp3) is 0.316. The van der Waals surface area contributed by atoms with E-state index in [1.54, 1.807) is 0 Å². The number of para-hydroxylation sites is 2. The maximum Gasteiger partial charge on any atom is 0.228 e. The first kappa shape index (κ1) is 15.6. The van der Waals surface area contributed by atoms with Gasteiger partial charge < -0.3 is 15.5 Å². The van der Waals surface area contributed by atoms with E-state index in [2.05, 4.69) is 18.0 Å². The molecule has 1 amide bonds. The Hall–Kier alpha value is -2.33. The van der Waals surface area contributed by atoms with Gasteiger partial charge in [0.1, 0.15) is 0 Å². The molecule has 0 aliphatic carbocycles. The lowest BCUT2D eigenvalue weighted by atomic mass is 10.0. The monoisotopic (exact) mass is 309 g/mol. The molecular formula is C19H23N3O. The molecule has 0 aromatic heterocycles. The summed E-state index contributed by atoms with van der Waals surface area (Å²) < 4.78 is 0. The summed E-state index contributed by atoms with van der Waals surface area (Å²) in [5.74, 6) is 0.0871. The van der Waals surface area contributed by atoms with Gasteiger partial charge >= 0.3 is 0 Å². The molecule has 1 aliphatic rings. The van der Waals surface area contributed by atoms with Crippen LogP contribution in [0.25, 0.3) is 0 Å². The Morgan fingerprint density at radius 3 is 2.43 bits per heavy atom. The molecule has 0 spiro atoms. The summed E-state index contributed by atoms with van der Waals surface area (Å²) in [6, 6.07) is 17.6. The van der Waals surface area contributed by atoms with Crippen LogP contribution in [0.4, 0.5) is 11.4 Å². The Morgan fingerprint density at radius 2 is 1.70 bits per heavy atom. The van der Waals surface area contributed by atoms with Gasteiger partial charge in [0.05, 0.1) is 11.4 Å². The highest BCUT2D eigenvalue weighted by molar-refractivity contribution is 5.97. The number of nitrogens with zero attached hydrogens (tertiary/aromatic N) is 2. The van der Waals surface area contributed by atoms with Crippen molar-refractivity contribution in [1.82, 2.24) is 0 Å². The molecule has 2 aromatic carbocycles. The van der Waals surface area contributed by atoms with E-state index in [0.29, 0.717) is 6.42 Å². The first-order valence-electron chi connectivity index (χ1n) is 8.08. The zero-order valence-electron chi connectivity index (χ0n) is 13.5. The van der Waals surface area contributed by atoms with E-state index in [4.69, 9.17) is 5.73 Å². The summed E-state index contributed by atoms with van der Waals surface area (Å²) in [5.41, 5.74) is 9.32. The predicted octanol–water partition coefficient (Wildman–Crippen LogP) is 2.95. The first-order chi connectivity index (χ1) is 11.2. The van der Waals surface area contributed by atoms with E-state index in [-0.39, 0.29) is 11.9 Å². The normalized spacial score (nSPS) is 15.7. The molecule has 2 aromatic rings. The lowest BCUT2D eigenvalue weighted by Crippen LogP contribution is -2.33. The minimum absolute atomic E-state index is 0.0871. The zero-order valence-corrected chi connectivity index (χ0v) is 13.5. The summed E-state index contributed by atoms with van der Waals surface area (Å²) in [7, 11) is 2.07. The van der Waals surface area contributed by atoms with E-state index in [1.165, 1.54) is 0 Å². The van der Waals surface area contributed by atoms with Crippen LogP contribution in [0.3, 0.4) is 0 Å². The van der Waals surface area contributed by atoms with Crippen molar-refractivity contribution >= 4 is 17.3 Å². The van der Waals surface area contributed by atoms with Crippen molar-refractivity contribution in [3.63, 3.8) is 0 Å². The third kappa shape index (κ3) is 3.37. The smallest absolute Gasteiger partial charge is 0.228 e. The van der Waals surface area contributed by atoms with Crippen molar-refractivity contribution in [1.29, 1.82) is 0 Å². The molecule has 1 unspecified atom stereocenters. The lowest BCUT2D eigenvalue weighted by molar-refractivity contribution is -0.119. The molecular weight excluding hydrogens is 286 g/mol. The van der Waals surface area contributed by atoms with Crippen molar-refractivity contribution < 1.29 is 4.79 Å². The Labute approximate surface area is 137 Å². The number of fused-ring (bicyclic) bond motifs is 1. The van der Waals surface area contributed by atoms with Crippen LogP contribution in [0.2, 0.25) is 0 Å². The average Bonchev–Trinajstić information content (AvgIpc) is 2.75. The van der Waals surface area contributed by atoms with E-state index < -0.39 is 0 Å². The molecule has 0 bridgehead atoms. The van der Waals surface area contributed by atoms with Crippen molar-refractivity contribution in [3.05, 3.63) is 60.2 Å². The molecule has 120 valence electrons. The second-order valence-corrected chi connectivity index (χ2v) is 6.03. The second-order valence-electron chi connectivity index (χ2n) is 6.03. The maximum atomic E-state index is 12.8. The number of hydrogen-bond donors (Lipinski definition) is 1. The minimum atomic E-state index is -0.267. The Kier molecular flexibility index (Phi) is 4.63. The van der Waals surface area contributed by atoms with Gasteiger partial charge in [-0.2, -0.15) is 0 Å². The maximum absolute atomic E-state index is 12.8. The van der Waals surface area contributed by atoms with E-state index in [0.717, 1.165) is 36.4 Å². The van der Waals surface area contributed by atoms with Crippen molar-refractivity contribution in [2.24, 2.45) is 5.73 Å². The van der Waals surface area contributed by atoms with E-state index >= 15 is 0 Å². The van der Waals surface area contributed by atoms with Crippen LogP contribution >= 0.6 is 0 Å². The molecule has 3 rings (SSSR count). The predicted molar refractivity (Wildman–Crippen MR) is 94.7 cm³/mol. The third-order valence-electron chi connectivity index (χ3n) is 4.38. The molecule has 1 atom stereocenters. The molecule has 0 radical (unpaired) electrons. The van der Waals surface area contributed by atoms with Crippen LogP contribution < -0.4 is 15.5 Å². The molecule has 0 fully saturated rings. The number of carbonyl (C=O) groups excluding carboxylic acids is 1. The number of anilines is 2. The van der Waals surface area contributed by atoms with Crippen LogP contribution in [-0.4, -0.2) is 26.0 Å². The molecule has 4 heteroatoms. The van der Waals surface area contributed by atoms with Crippen LogP contribution in [0.15, 0.2) is 54.6 Å². The zero-order chi connectivity index (χ0) is 16.2. The van der Waals surface area contributed by atoms with Gasteiger partial charge in [-0.05, 0) is 24.1 Å². The third-order valence-corrected chi connectivity index (χ3v) is 4.38. The highest BCUT2D eigenvalue weighted by Crippen LogP contribution is 2.32. The quantitative estimate of drug-likeness (QED) is 0.948. The van der Waals surface area contributed by atoms with Crippen molar-refractivity contribution in [3.8, 4) is 0 Å². The average molecular weight is 309 g/mol. The number of benzene rings is 2. The summed E-state index contributed by atoms with van der Waals surface area (Å²) in [6.07, 6.45) is 1.28.